The number of amides is 2. The zero-order chi connectivity index (χ0) is 29.3. The first-order chi connectivity index (χ1) is 18.9. The maximum atomic E-state index is 13.8. The molecule has 214 valence electrons. The number of anilines is 1. The van der Waals surface area contributed by atoms with Gasteiger partial charge in [0.25, 0.3) is 0 Å². The van der Waals surface area contributed by atoms with Crippen LogP contribution >= 0.6 is 27.5 Å². The second-order valence-electron chi connectivity index (χ2n) is 9.93. The van der Waals surface area contributed by atoms with Crippen molar-refractivity contribution >= 4 is 55.1 Å². The highest BCUT2D eigenvalue weighted by Gasteiger charge is 2.31. The van der Waals surface area contributed by atoms with E-state index in [1.165, 1.54) is 4.31 Å². The standard InChI is InChI=1S/C30H35BrClN3O4S/c1-22(2)33-30(37)28(20-23-8-5-4-6-9-23)34(21-24-11-13-25(31)14-12-24)29(36)10-7-19-35(40(3,38)39)27-17-15-26(32)16-18-27/h4-6,8-9,11-18,22,28H,7,10,19-21H2,1-3H3,(H,33,37). The van der Waals surface area contributed by atoms with Crippen molar-refractivity contribution in [1.82, 2.24) is 10.2 Å². The Balaban J connectivity index is 1.87. The Morgan fingerprint density at radius 3 is 2.12 bits per heavy atom. The van der Waals surface area contributed by atoms with Gasteiger partial charge in [0, 0.05) is 41.5 Å². The Bertz CT molecular complexity index is 1370. The van der Waals surface area contributed by atoms with E-state index in [4.69, 9.17) is 11.6 Å². The lowest BCUT2D eigenvalue weighted by molar-refractivity contribution is -0.141. The van der Waals surface area contributed by atoms with Crippen molar-refractivity contribution < 1.29 is 18.0 Å². The number of nitrogens with zero attached hydrogens (tertiary/aromatic N) is 2. The lowest BCUT2D eigenvalue weighted by Gasteiger charge is -2.32. The van der Waals surface area contributed by atoms with Gasteiger partial charge in [0.15, 0.2) is 0 Å². The second kappa shape index (κ2) is 14.7. The van der Waals surface area contributed by atoms with Gasteiger partial charge in [0.1, 0.15) is 6.04 Å². The normalized spacial score (nSPS) is 12.2. The molecule has 3 rings (SSSR count). The van der Waals surface area contributed by atoms with Crippen LogP contribution in [-0.4, -0.2) is 50.0 Å². The van der Waals surface area contributed by atoms with E-state index in [1.807, 2.05) is 68.4 Å². The number of halogens is 2. The van der Waals surface area contributed by atoms with E-state index in [0.29, 0.717) is 17.1 Å². The van der Waals surface area contributed by atoms with E-state index >= 15 is 0 Å². The minimum absolute atomic E-state index is 0.0659. The average molecular weight is 649 g/mol. The third-order valence-corrected chi connectivity index (χ3v) is 8.21. The molecule has 40 heavy (non-hydrogen) atoms. The smallest absolute Gasteiger partial charge is 0.243 e. The molecule has 10 heteroatoms. The van der Waals surface area contributed by atoms with Gasteiger partial charge in [-0.15, -0.1) is 0 Å². The van der Waals surface area contributed by atoms with Crippen LogP contribution < -0.4 is 9.62 Å². The van der Waals surface area contributed by atoms with E-state index in [0.717, 1.165) is 21.9 Å². The fourth-order valence-electron chi connectivity index (χ4n) is 4.33. The first kappa shape index (κ1) is 31.6. The van der Waals surface area contributed by atoms with Gasteiger partial charge in [-0.2, -0.15) is 0 Å². The predicted octanol–water partition coefficient (Wildman–Crippen LogP) is 5.81. The zero-order valence-electron chi connectivity index (χ0n) is 22.9. The Hall–Kier alpha value is -2.88. The number of nitrogens with one attached hydrogen (secondary N) is 1. The number of carbonyl (C=O) groups is 2. The van der Waals surface area contributed by atoms with Crippen molar-refractivity contribution in [2.24, 2.45) is 0 Å². The molecule has 0 aliphatic rings. The highest BCUT2D eigenvalue weighted by molar-refractivity contribution is 9.10. The Morgan fingerprint density at radius 1 is 0.925 bits per heavy atom. The maximum Gasteiger partial charge on any atom is 0.243 e. The molecule has 0 heterocycles. The van der Waals surface area contributed by atoms with Crippen LogP contribution in [0.3, 0.4) is 0 Å². The van der Waals surface area contributed by atoms with Crippen molar-refractivity contribution in [1.29, 1.82) is 0 Å². The van der Waals surface area contributed by atoms with Gasteiger partial charge in [-0.05, 0) is 67.8 Å². The van der Waals surface area contributed by atoms with Gasteiger partial charge in [0.2, 0.25) is 21.8 Å². The molecule has 7 nitrogen and oxygen atoms in total. The lowest BCUT2D eigenvalue weighted by atomic mass is 10.0. The molecule has 1 N–H and O–H groups in total. The highest BCUT2D eigenvalue weighted by Crippen LogP contribution is 2.22. The summed E-state index contributed by atoms with van der Waals surface area (Å²) in [6.07, 6.45) is 1.82. The lowest BCUT2D eigenvalue weighted by Crippen LogP contribution is -2.51. The van der Waals surface area contributed by atoms with Crippen molar-refractivity contribution in [3.63, 3.8) is 0 Å². The minimum Gasteiger partial charge on any atom is -0.352 e. The Labute approximate surface area is 250 Å². The Morgan fingerprint density at radius 2 is 1.55 bits per heavy atom. The van der Waals surface area contributed by atoms with Crippen LogP contribution in [-0.2, 0) is 32.6 Å². The second-order valence-corrected chi connectivity index (χ2v) is 13.2. The summed E-state index contributed by atoms with van der Waals surface area (Å²) in [4.78, 5) is 28.9. The molecule has 0 aromatic heterocycles. The van der Waals surface area contributed by atoms with E-state index in [9.17, 15) is 18.0 Å². The summed E-state index contributed by atoms with van der Waals surface area (Å²) in [5.41, 5.74) is 2.29. The molecule has 3 aromatic rings. The fraction of sp³-hybridized carbons (Fsp3) is 0.333. The largest absolute Gasteiger partial charge is 0.352 e. The molecular weight excluding hydrogens is 614 g/mol. The summed E-state index contributed by atoms with van der Waals surface area (Å²) in [7, 11) is -3.59. The summed E-state index contributed by atoms with van der Waals surface area (Å²) in [6.45, 7) is 4.12. The first-order valence-corrected chi connectivity index (χ1v) is 16.1. The van der Waals surface area contributed by atoms with Crippen molar-refractivity contribution in [3.8, 4) is 0 Å². The maximum absolute atomic E-state index is 13.8. The SMILES string of the molecule is CC(C)NC(=O)C(Cc1ccccc1)N(Cc1ccc(Br)cc1)C(=O)CCCN(c1ccc(Cl)cc1)S(C)(=O)=O. The van der Waals surface area contributed by atoms with Crippen LogP contribution in [0.4, 0.5) is 5.69 Å². The summed E-state index contributed by atoms with van der Waals surface area (Å²) >= 11 is 9.42. The molecule has 0 saturated heterocycles. The number of hydrogen-bond donors (Lipinski definition) is 1. The number of sulfonamides is 1. The molecular formula is C30H35BrClN3O4S. The van der Waals surface area contributed by atoms with E-state index in [2.05, 4.69) is 21.2 Å². The van der Waals surface area contributed by atoms with Gasteiger partial charge < -0.3 is 10.2 Å². The number of rotatable bonds is 13. The molecule has 0 saturated carbocycles. The summed E-state index contributed by atoms with van der Waals surface area (Å²) in [5, 5.41) is 3.48. The Kier molecular flexibility index (Phi) is 11.6. The number of carbonyl (C=O) groups excluding carboxylic acids is 2. The third-order valence-electron chi connectivity index (χ3n) is 6.23. The van der Waals surface area contributed by atoms with E-state index in [1.54, 1.807) is 29.2 Å². The molecule has 0 fully saturated rings. The molecule has 0 aliphatic heterocycles. The van der Waals surface area contributed by atoms with Gasteiger partial charge in [0.05, 0.1) is 11.9 Å². The molecule has 1 unspecified atom stereocenters. The van der Waals surface area contributed by atoms with Crippen LogP contribution in [0.2, 0.25) is 5.02 Å². The van der Waals surface area contributed by atoms with Crippen LogP contribution in [0.15, 0.2) is 83.3 Å². The number of hydrogen-bond acceptors (Lipinski definition) is 4. The van der Waals surface area contributed by atoms with Crippen LogP contribution in [0.25, 0.3) is 0 Å². The van der Waals surface area contributed by atoms with Crippen LogP contribution in [0, 0.1) is 0 Å². The first-order valence-electron chi connectivity index (χ1n) is 13.1. The van der Waals surface area contributed by atoms with Crippen LogP contribution in [0.1, 0.15) is 37.8 Å². The topological polar surface area (TPSA) is 86.8 Å². The fourth-order valence-corrected chi connectivity index (χ4v) is 5.69. The molecule has 2 amide bonds. The molecule has 1 atom stereocenters. The summed E-state index contributed by atoms with van der Waals surface area (Å²) in [6, 6.07) is 22.9. The molecule has 0 aliphatic carbocycles. The highest BCUT2D eigenvalue weighted by atomic mass is 79.9. The summed E-state index contributed by atoms with van der Waals surface area (Å²) < 4.78 is 27.3. The quantitative estimate of drug-likeness (QED) is 0.253. The average Bonchev–Trinajstić information content (AvgIpc) is 2.90. The van der Waals surface area contributed by atoms with Gasteiger partial charge in [-0.25, -0.2) is 8.42 Å². The van der Waals surface area contributed by atoms with Gasteiger partial charge in [-0.3, -0.25) is 13.9 Å². The van der Waals surface area contributed by atoms with E-state index < -0.39 is 16.1 Å². The summed E-state index contributed by atoms with van der Waals surface area (Å²) in [5.74, 6) is -0.462. The predicted molar refractivity (Wildman–Crippen MR) is 165 cm³/mol. The van der Waals surface area contributed by atoms with Crippen molar-refractivity contribution in [3.05, 3.63) is 99.5 Å². The third kappa shape index (κ3) is 9.64. The molecule has 0 bridgehead atoms. The molecule has 0 radical (unpaired) electrons. The number of benzene rings is 3. The van der Waals surface area contributed by atoms with Crippen molar-refractivity contribution in [2.45, 2.75) is 51.7 Å². The van der Waals surface area contributed by atoms with Gasteiger partial charge >= 0.3 is 0 Å². The molecule has 0 spiro atoms. The zero-order valence-corrected chi connectivity index (χ0v) is 26.0. The van der Waals surface area contributed by atoms with E-state index in [-0.39, 0.29) is 43.8 Å². The molecule has 3 aromatic carbocycles. The van der Waals surface area contributed by atoms with Crippen molar-refractivity contribution in [2.75, 3.05) is 17.1 Å². The minimum atomic E-state index is -3.59. The van der Waals surface area contributed by atoms with Gasteiger partial charge in [-0.1, -0.05) is 70.0 Å². The monoisotopic (exact) mass is 647 g/mol. The van der Waals surface area contributed by atoms with Crippen LogP contribution in [0.5, 0.6) is 0 Å².